The van der Waals surface area contributed by atoms with E-state index in [0.717, 1.165) is 0 Å². The Morgan fingerprint density at radius 2 is 1.33 bits per heavy atom. The van der Waals surface area contributed by atoms with Crippen LogP contribution in [0.4, 0.5) is 0 Å². The molecule has 5 N–H and O–H groups in total. The van der Waals surface area contributed by atoms with E-state index in [1.54, 1.807) is 0 Å². The van der Waals surface area contributed by atoms with E-state index in [2.05, 4.69) is 17.0 Å². The maximum atomic E-state index is 9.26. The Morgan fingerprint density at radius 3 is 1.33 bits per heavy atom. The molecule has 0 heterocycles. The van der Waals surface area contributed by atoms with Crippen molar-refractivity contribution in [1.82, 2.24) is 6.15 Å². The molecule has 0 aromatic rings. The van der Waals surface area contributed by atoms with Crippen LogP contribution in [0.5, 0.6) is 0 Å². The van der Waals surface area contributed by atoms with E-state index in [9.17, 15) is 2.81 Å². The molecule has 0 spiro atoms. The molecule has 6 heteroatoms. The van der Waals surface area contributed by atoms with Gasteiger partial charge in [0.1, 0.15) is 0 Å². The standard InChI is InChI=1S/2ClH.H3N.H2O.O.Zr/h2*1H;1H3;1H2;;/q;;;;;+2/p-2. The Kier molecular flexibility index (Phi) is 24.8. The summed E-state index contributed by atoms with van der Waals surface area (Å²) in [6.45, 7) is 0. The molecule has 0 fully saturated rings. The van der Waals surface area contributed by atoms with Crippen molar-refractivity contribution >= 4 is 17.0 Å². The molecule has 0 saturated carbocycles. The number of halogens is 2. The average Bonchev–Trinajstić information content (AvgIpc) is 0.811. The molecule has 40 valence electrons. The van der Waals surface area contributed by atoms with E-state index in [-0.39, 0.29) is 11.6 Å². The molecule has 6 heavy (non-hydrogen) atoms. The van der Waals surface area contributed by atoms with Gasteiger partial charge in [0.25, 0.3) is 0 Å². The van der Waals surface area contributed by atoms with Crippen LogP contribution >= 0.6 is 17.0 Å². The fourth-order valence-electron chi connectivity index (χ4n) is 0. The zero-order chi connectivity index (χ0) is 3.58. The van der Waals surface area contributed by atoms with Gasteiger partial charge in [-0.3, -0.25) is 0 Å². The summed E-state index contributed by atoms with van der Waals surface area (Å²) >= 11 is -2.85. The first kappa shape index (κ1) is 15.7. The molecule has 0 bridgehead atoms. The van der Waals surface area contributed by atoms with Crippen LogP contribution in [0.25, 0.3) is 0 Å². The fourth-order valence-corrected chi connectivity index (χ4v) is 0. The van der Waals surface area contributed by atoms with Crippen molar-refractivity contribution in [2.45, 2.75) is 0 Å². The Bertz CT molecular complexity index is 34.5. The minimum absolute atomic E-state index is 0. The van der Waals surface area contributed by atoms with Crippen molar-refractivity contribution < 1.29 is 27.7 Å². The van der Waals surface area contributed by atoms with Gasteiger partial charge >= 0.3 is 39.2 Å². The van der Waals surface area contributed by atoms with Gasteiger partial charge < -0.3 is 11.6 Å². The molecule has 0 saturated heterocycles. The van der Waals surface area contributed by atoms with Gasteiger partial charge in [0.05, 0.1) is 0 Å². The van der Waals surface area contributed by atoms with Crippen molar-refractivity contribution in [2.75, 3.05) is 0 Å². The van der Waals surface area contributed by atoms with Gasteiger partial charge in [0.2, 0.25) is 0 Å². The molecule has 0 aromatic heterocycles. The molecule has 0 atom stereocenters. The fraction of sp³-hybridized carbons (Fsp3) is 0. The van der Waals surface area contributed by atoms with Gasteiger partial charge in [-0.25, -0.2) is 0 Å². The molecular formula is H5Cl2NO2Zr. The summed E-state index contributed by atoms with van der Waals surface area (Å²) in [7, 11) is 9.36. The molecule has 0 rings (SSSR count). The first-order valence-corrected chi connectivity index (χ1v) is 7.92. The van der Waals surface area contributed by atoms with Crippen molar-refractivity contribution in [3.05, 3.63) is 0 Å². The van der Waals surface area contributed by atoms with Crippen molar-refractivity contribution in [2.24, 2.45) is 0 Å². The van der Waals surface area contributed by atoms with Crippen LogP contribution in [0.1, 0.15) is 0 Å². The third-order valence-corrected chi connectivity index (χ3v) is 0. The van der Waals surface area contributed by atoms with Crippen molar-refractivity contribution in [3.63, 3.8) is 0 Å². The van der Waals surface area contributed by atoms with Crippen LogP contribution in [0, 0.1) is 0 Å². The van der Waals surface area contributed by atoms with Gasteiger partial charge in [-0.05, 0) is 0 Å². The van der Waals surface area contributed by atoms with Crippen molar-refractivity contribution in [3.8, 4) is 0 Å². The first-order valence-electron chi connectivity index (χ1n) is 0.582. The zero-order valence-electron chi connectivity index (χ0n) is 3.11. The molecule has 0 amide bonds. The molecular weight excluding hydrogens is 208 g/mol. The van der Waals surface area contributed by atoms with E-state index in [1.165, 1.54) is 0 Å². The summed E-state index contributed by atoms with van der Waals surface area (Å²) in [5, 5.41) is 0. The Balaban J connectivity index is -0.0000000450. The number of quaternary nitrogens is 1. The maximum absolute atomic E-state index is 9.26. The molecule has 3 nitrogen and oxygen atoms in total. The van der Waals surface area contributed by atoms with E-state index >= 15 is 0 Å². The minimum atomic E-state index is -2.85. The second-order valence-corrected chi connectivity index (χ2v) is 6.54. The third kappa shape index (κ3) is 64.8. The van der Waals surface area contributed by atoms with Gasteiger partial charge in [0.15, 0.2) is 0 Å². The first-order chi connectivity index (χ1) is 1.73. The van der Waals surface area contributed by atoms with E-state index in [0.29, 0.717) is 0 Å². The summed E-state index contributed by atoms with van der Waals surface area (Å²) in [5.41, 5.74) is 0. The molecule has 0 unspecified atom stereocenters. The van der Waals surface area contributed by atoms with Crippen LogP contribution in [-0.4, -0.2) is 5.48 Å². The van der Waals surface area contributed by atoms with Crippen LogP contribution < -0.4 is 6.15 Å². The average molecular weight is 213 g/mol. The van der Waals surface area contributed by atoms with E-state index in [4.69, 9.17) is 0 Å². The van der Waals surface area contributed by atoms with Gasteiger partial charge in [-0.15, -0.1) is 0 Å². The molecule has 0 aromatic carbocycles. The summed E-state index contributed by atoms with van der Waals surface area (Å²) in [6, 6.07) is 0. The number of rotatable bonds is 0. The monoisotopic (exact) mass is 211 g/mol. The van der Waals surface area contributed by atoms with Crippen LogP contribution in [0.15, 0.2) is 0 Å². The summed E-state index contributed by atoms with van der Waals surface area (Å²) in [5.74, 6) is 0. The quantitative estimate of drug-likeness (QED) is 0.660. The van der Waals surface area contributed by atoms with E-state index < -0.39 is 19.4 Å². The number of hydrogen-bond donors (Lipinski definition) is 1. The molecule has 0 aliphatic carbocycles. The topological polar surface area (TPSA) is 83.6 Å². The Hall–Kier alpha value is 1.18. The normalized spacial score (nSPS) is 4.33. The SMILES string of the molecule is [NH4+].[OH-].[O]=[Zr]([Cl])[Cl]. The van der Waals surface area contributed by atoms with Crippen LogP contribution in [0.2, 0.25) is 0 Å². The van der Waals surface area contributed by atoms with Crippen molar-refractivity contribution in [1.29, 1.82) is 0 Å². The summed E-state index contributed by atoms with van der Waals surface area (Å²) in [4.78, 5) is 0. The van der Waals surface area contributed by atoms with Gasteiger partial charge in [-0.1, -0.05) is 0 Å². The second-order valence-electron chi connectivity index (χ2n) is 0.226. The molecule has 0 radical (unpaired) electrons. The van der Waals surface area contributed by atoms with Gasteiger partial charge in [-0.2, -0.15) is 0 Å². The third-order valence-electron chi connectivity index (χ3n) is 0. The zero-order valence-corrected chi connectivity index (χ0v) is 7.08. The Morgan fingerprint density at radius 1 is 1.33 bits per heavy atom. The second kappa shape index (κ2) is 9.49. The van der Waals surface area contributed by atoms with Crippen LogP contribution in [0.3, 0.4) is 0 Å². The predicted molar refractivity (Wildman–Crippen MR) is 20.3 cm³/mol. The predicted octanol–water partition coefficient (Wildman–Crippen LogP) is 1.46. The molecule has 0 aliphatic heterocycles. The number of hydrogen-bond acceptors (Lipinski definition) is 2. The Labute approximate surface area is 50.7 Å². The summed E-state index contributed by atoms with van der Waals surface area (Å²) < 4.78 is 9.26. The summed E-state index contributed by atoms with van der Waals surface area (Å²) in [6.07, 6.45) is 0. The molecule has 0 aliphatic rings. The van der Waals surface area contributed by atoms with Crippen LogP contribution in [-0.2, 0) is 22.2 Å². The van der Waals surface area contributed by atoms with E-state index in [1.807, 2.05) is 0 Å². The van der Waals surface area contributed by atoms with Gasteiger partial charge in [0, 0.05) is 0 Å².